The van der Waals surface area contributed by atoms with Crippen LogP contribution in [0, 0.1) is 0 Å². The molecule has 5 heteroatoms. The Morgan fingerprint density at radius 1 is 1.38 bits per heavy atom. The molecular weight excluding hydrogens is 190 g/mol. The quantitative estimate of drug-likeness (QED) is 0.612. The van der Waals surface area contributed by atoms with Crippen LogP contribution in [0.2, 0.25) is 0 Å². The Kier molecular flexibility index (Phi) is 4.15. The number of nitrogens with one attached hydrogen (secondary N) is 1. The monoisotopic (exact) mass is 207 g/mol. The minimum absolute atomic E-state index is 0.0623. The molecular formula is C8H17NO3S. The maximum atomic E-state index is 11.5. The molecule has 0 amide bonds. The third-order valence-corrected chi connectivity index (χ3v) is 4.65. The van der Waals surface area contributed by atoms with Crippen LogP contribution in [-0.4, -0.2) is 44.2 Å². The van der Waals surface area contributed by atoms with Crippen LogP contribution in [0.3, 0.4) is 0 Å². The van der Waals surface area contributed by atoms with Gasteiger partial charge in [0.25, 0.3) is 0 Å². The largest absolute Gasteiger partial charge is 0.395 e. The summed E-state index contributed by atoms with van der Waals surface area (Å²) in [5, 5.41) is 11.2. The number of sulfone groups is 1. The third-order valence-electron chi connectivity index (χ3n) is 2.37. The highest BCUT2D eigenvalue weighted by molar-refractivity contribution is 7.92. The van der Waals surface area contributed by atoms with Crippen molar-refractivity contribution in [2.75, 3.05) is 25.4 Å². The van der Waals surface area contributed by atoms with Crippen LogP contribution in [0.5, 0.6) is 0 Å². The fourth-order valence-corrected chi connectivity index (χ4v) is 3.43. The zero-order valence-corrected chi connectivity index (χ0v) is 8.52. The second-order valence-corrected chi connectivity index (χ2v) is 5.81. The van der Waals surface area contributed by atoms with E-state index in [0.29, 0.717) is 18.8 Å². The lowest BCUT2D eigenvalue weighted by molar-refractivity contribution is 0.292. The first-order valence-electron chi connectivity index (χ1n) is 4.70. The summed E-state index contributed by atoms with van der Waals surface area (Å²) in [5.74, 6) is 0.332. The molecule has 1 unspecified atom stereocenters. The van der Waals surface area contributed by atoms with Crippen LogP contribution in [-0.2, 0) is 9.84 Å². The number of aliphatic hydroxyl groups is 1. The average molecular weight is 207 g/mol. The van der Waals surface area contributed by atoms with E-state index >= 15 is 0 Å². The van der Waals surface area contributed by atoms with E-state index in [9.17, 15) is 8.42 Å². The van der Waals surface area contributed by atoms with Gasteiger partial charge in [-0.3, -0.25) is 0 Å². The molecule has 0 aliphatic carbocycles. The summed E-state index contributed by atoms with van der Waals surface area (Å²) < 4.78 is 22.9. The highest BCUT2D eigenvalue weighted by Crippen LogP contribution is 2.18. The van der Waals surface area contributed by atoms with Crippen molar-refractivity contribution >= 4 is 9.84 Å². The molecule has 1 aliphatic heterocycles. The van der Waals surface area contributed by atoms with Gasteiger partial charge in [0.2, 0.25) is 0 Å². The van der Waals surface area contributed by atoms with Crippen molar-refractivity contribution in [3.05, 3.63) is 0 Å². The lowest BCUT2D eigenvalue weighted by Crippen LogP contribution is -2.38. The van der Waals surface area contributed by atoms with E-state index in [2.05, 4.69) is 5.32 Å². The van der Waals surface area contributed by atoms with Crippen molar-refractivity contribution in [1.29, 1.82) is 0 Å². The molecule has 1 rings (SSSR count). The van der Waals surface area contributed by atoms with Gasteiger partial charge in [-0.25, -0.2) is 8.42 Å². The second-order valence-electron chi connectivity index (χ2n) is 3.41. The minimum atomic E-state index is -2.85. The van der Waals surface area contributed by atoms with Gasteiger partial charge in [-0.1, -0.05) is 6.42 Å². The van der Waals surface area contributed by atoms with Crippen molar-refractivity contribution in [2.24, 2.45) is 0 Å². The van der Waals surface area contributed by atoms with Crippen LogP contribution >= 0.6 is 0 Å². The first-order valence-corrected chi connectivity index (χ1v) is 6.41. The van der Waals surface area contributed by atoms with E-state index in [4.69, 9.17) is 5.11 Å². The summed E-state index contributed by atoms with van der Waals surface area (Å²) in [7, 11) is -2.85. The van der Waals surface area contributed by atoms with E-state index in [1.165, 1.54) is 0 Å². The number of aliphatic hydroxyl groups excluding tert-OH is 1. The number of hydrogen-bond donors (Lipinski definition) is 2. The van der Waals surface area contributed by atoms with Gasteiger partial charge in [-0.2, -0.15) is 0 Å². The summed E-state index contributed by atoms with van der Waals surface area (Å²) in [6.07, 6.45) is 2.57. The second kappa shape index (κ2) is 4.93. The summed E-state index contributed by atoms with van der Waals surface area (Å²) in [6, 6.07) is 0. The van der Waals surface area contributed by atoms with Crippen molar-refractivity contribution in [1.82, 2.24) is 5.32 Å². The van der Waals surface area contributed by atoms with Gasteiger partial charge >= 0.3 is 0 Å². The predicted molar refractivity (Wildman–Crippen MR) is 51.4 cm³/mol. The van der Waals surface area contributed by atoms with Crippen molar-refractivity contribution < 1.29 is 13.5 Å². The highest BCUT2D eigenvalue weighted by atomic mass is 32.2. The molecule has 1 heterocycles. The highest BCUT2D eigenvalue weighted by Gasteiger charge is 2.27. The standard InChI is InChI=1S/C8H17NO3S/c10-5-4-9-7-8-3-1-2-6-13(8,11)12/h8-10H,1-7H2. The maximum absolute atomic E-state index is 11.5. The molecule has 2 N–H and O–H groups in total. The normalized spacial score (nSPS) is 27.3. The van der Waals surface area contributed by atoms with E-state index < -0.39 is 9.84 Å². The molecule has 1 aliphatic rings. The molecule has 1 atom stereocenters. The number of rotatable bonds is 4. The lowest BCUT2D eigenvalue weighted by Gasteiger charge is -2.22. The zero-order valence-electron chi connectivity index (χ0n) is 7.70. The van der Waals surface area contributed by atoms with Crippen molar-refractivity contribution in [3.8, 4) is 0 Å². The van der Waals surface area contributed by atoms with E-state index in [0.717, 1.165) is 19.3 Å². The predicted octanol–water partition coefficient (Wildman–Crippen LogP) is -0.464. The Morgan fingerprint density at radius 3 is 2.77 bits per heavy atom. The fraction of sp³-hybridized carbons (Fsp3) is 1.00. The summed E-state index contributed by atoms with van der Waals surface area (Å²) in [6.45, 7) is 1.03. The van der Waals surface area contributed by atoms with E-state index in [1.54, 1.807) is 0 Å². The fourth-order valence-electron chi connectivity index (χ4n) is 1.59. The summed E-state index contributed by atoms with van der Waals surface area (Å²) >= 11 is 0. The number of hydrogen-bond acceptors (Lipinski definition) is 4. The van der Waals surface area contributed by atoms with Crippen LogP contribution in [0.4, 0.5) is 0 Å². The minimum Gasteiger partial charge on any atom is -0.395 e. The average Bonchev–Trinajstić information content (AvgIpc) is 2.08. The molecule has 1 fully saturated rings. The van der Waals surface area contributed by atoms with Gasteiger partial charge in [-0.15, -0.1) is 0 Å². The molecule has 1 saturated heterocycles. The zero-order chi connectivity index (χ0) is 9.73. The van der Waals surface area contributed by atoms with E-state index in [-0.39, 0.29) is 11.9 Å². The van der Waals surface area contributed by atoms with Gasteiger partial charge in [0, 0.05) is 13.1 Å². The molecule has 0 saturated carbocycles. The molecule has 0 spiro atoms. The molecule has 0 bridgehead atoms. The van der Waals surface area contributed by atoms with E-state index in [1.807, 2.05) is 0 Å². The molecule has 4 nitrogen and oxygen atoms in total. The molecule has 0 aromatic heterocycles. The maximum Gasteiger partial charge on any atom is 0.154 e. The van der Waals surface area contributed by atoms with Crippen molar-refractivity contribution in [2.45, 2.75) is 24.5 Å². The van der Waals surface area contributed by atoms with Gasteiger partial charge in [0.05, 0.1) is 17.6 Å². The van der Waals surface area contributed by atoms with Crippen molar-refractivity contribution in [3.63, 3.8) is 0 Å². The van der Waals surface area contributed by atoms with Gasteiger partial charge in [-0.05, 0) is 12.8 Å². The molecule has 0 aromatic carbocycles. The Morgan fingerprint density at radius 2 is 2.15 bits per heavy atom. The molecule has 0 aromatic rings. The molecule has 78 valence electrons. The Balaban J connectivity index is 2.38. The third kappa shape index (κ3) is 3.25. The van der Waals surface area contributed by atoms with Gasteiger partial charge in [0.15, 0.2) is 9.84 Å². The first kappa shape index (κ1) is 10.9. The lowest BCUT2D eigenvalue weighted by atomic mass is 10.2. The van der Waals surface area contributed by atoms with Crippen LogP contribution in [0.1, 0.15) is 19.3 Å². The SMILES string of the molecule is O=S1(=O)CCCCC1CNCCO. The molecule has 13 heavy (non-hydrogen) atoms. The van der Waals surface area contributed by atoms with Gasteiger partial charge in [0.1, 0.15) is 0 Å². The summed E-state index contributed by atoms with van der Waals surface area (Å²) in [4.78, 5) is 0. The smallest absolute Gasteiger partial charge is 0.154 e. The topological polar surface area (TPSA) is 66.4 Å². The Hall–Kier alpha value is -0.130. The summed E-state index contributed by atoms with van der Waals surface area (Å²) in [5.41, 5.74) is 0. The molecule has 0 radical (unpaired) electrons. The van der Waals surface area contributed by atoms with Crippen LogP contribution in [0.15, 0.2) is 0 Å². The Bertz CT molecular complexity index is 238. The van der Waals surface area contributed by atoms with Crippen LogP contribution in [0.25, 0.3) is 0 Å². The Labute approximate surface area is 79.3 Å². The van der Waals surface area contributed by atoms with Gasteiger partial charge < -0.3 is 10.4 Å². The van der Waals surface area contributed by atoms with Crippen LogP contribution < -0.4 is 5.32 Å². The first-order chi connectivity index (χ1) is 6.17.